The molecule has 1 fully saturated rings. The normalized spacial score (nSPS) is 25.2. The van der Waals surface area contributed by atoms with Crippen molar-refractivity contribution in [3.63, 3.8) is 0 Å². The molecule has 18 heavy (non-hydrogen) atoms. The number of aliphatic carboxylic acids is 1. The number of carbonyl (C=O) groups is 2. The number of carboxylic acids is 1. The molecule has 0 aromatic rings. The van der Waals surface area contributed by atoms with E-state index in [4.69, 9.17) is 5.11 Å². The van der Waals surface area contributed by atoms with Gasteiger partial charge < -0.3 is 15.7 Å². The lowest BCUT2D eigenvalue weighted by Crippen LogP contribution is -2.51. The van der Waals surface area contributed by atoms with Crippen LogP contribution in [-0.2, 0) is 4.79 Å². The predicted octanol–water partition coefficient (Wildman–Crippen LogP) is 2.12. The van der Waals surface area contributed by atoms with Gasteiger partial charge in [-0.1, -0.05) is 33.1 Å². The molecular weight excluding hydrogens is 232 g/mol. The van der Waals surface area contributed by atoms with Crippen LogP contribution < -0.4 is 10.6 Å². The summed E-state index contributed by atoms with van der Waals surface area (Å²) in [6, 6.07) is -0.960. The zero-order valence-electron chi connectivity index (χ0n) is 11.2. The molecule has 3 atom stereocenters. The summed E-state index contributed by atoms with van der Waals surface area (Å²) >= 11 is 0. The minimum absolute atomic E-state index is 0.176. The number of carbonyl (C=O) groups excluding carboxylic acids is 1. The molecule has 5 heteroatoms. The van der Waals surface area contributed by atoms with Crippen molar-refractivity contribution >= 4 is 12.0 Å². The first-order chi connectivity index (χ1) is 8.54. The average molecular weight is 256 g/mol. The van der Waals surface area contributed by atoms with Crippen LogP contribution in [0, 0.1) is 5.92 Å². The van der Waals surface area contributed by atoms with Crippen LogP contribution in [0.1, 0.15) is 52.4 Å². The maximum Gasteiger partial charge on any atom is 0.326 e. The molecule has 3 N–H and O–H groups in total. The lowest BCUT2D eigenvalue weighted by molar-refractivity contribution is -0.139. The van der Waals surface area contributed by atoms with Crippen LogP contribution in [0.25, 0.3) is 0 Å². The number of carboxylic acid groups (broad SMARTS) is 1. The molecule has 1 aliphatic rings. The van der Waals surface area contributed by atoms with E-state index in [1.54, 1.807) is 0 Å². The predicted molar refractivity (Wildman–Crippen MR) is 69.4 cm³/mol. The molecule has 0 aromatic heterocycles. The molecule has 0 bridgehead atoms. The summed E-state index contributed by atoms with van der Waals surface area (Å²) in [6.45, 7) is 4.03. The van der Waals surface area contributed by atoms with Gasteiger partial charge in [0.05, 0.1) is 0 Å². The Balaban J connectivity index is 2.41. The first kappa shape index (κ1) is 14.8. The van der Waals surface area contributed by atoms with E-state index in [1.807, 2.05) is 6.92 Å². The Kier molecular flexibility index (Phi) is 5.95. The van der Waals surface area contributed by atoms with Gasteiger partial charge in [-0.2, -0.15) is 0 Å². The molecule has 104 valence electrons. The highest BCUT2D eigenvalue weighted by Crippen LogP contribution is 2.23. The Hall–Kier alpha value is -1.26. The Morgan fingerprint density at radius 3 is 2.56 bits per heavy atom. The van der Waals surface area contributed by atoms with Gasteiger partial charge in [-0.3, -0.25) is 0 Å². The molecule has 2 amide bonds. The molecule has 0 radical (unpaired) electrons. The minimum Gasteiger partial charge on any atom is -0.480 e. The lowest BCUT2D eigenvalue weighted by atomic mass is 9.86. The van der Waals surface area contributed by atoms with Gasteiger partial charge in [0.15, 0.2) is 0 Å². The average Bonchev–Trinajstić information content (AvgIpc) is 2.31. The highest BCUT2D eigenvalue weighted by molar-refractivity contribution is 5.82. The van der Waals surface area contributed by atoms with Crippen molar-refractivity contribution in [3.05, 3.63) is 0 Å². The second kappa shape index (κ2) is 7.24. The molecule has 0 heterocycles. The quantitative estimate of drug-likeness (QED) is 0.705. The monoisotopic (exact) mass is 256 g/mol. The third-order valence-corrected chi connectivity index (χ3v) is 3.61. The number of hydrogen-bond donors (Lipinski definition) is 3. The molecular formula is C13H24N2O3. The van der Waals surface area contributed by atoms with E-state index in [9.17, 15) is 9.59 Å². The molecule has 0 aliphatic heterocycles. The maximum absolute atomic E-state index is 11.8. The van der Waals surface area contributed by atoms with Gasteiger partial charge in [0.1, 0.15) is 6.04 Å². The Morgan fingerprint density at radius 1 is 1.33 bits per heavy atom. The number of nitrogens with one attached hydrogen (secondary N) is 2. The van der Waals surface area contributed by atoms with Gasteiger partial charge in [0, 0.05) is 6.04 Å². The standard InChI is InChI=1S/C13H24N2O3/c1-3-6-11(12(16)17)15-13(18)14-10-8-5-4-7-9(10)2/h9-11H,3-8H2,1-2H3,(H,16,17)(H2,14,15,18)/t9?,10?,11-/m0/s1. The van der Waals surface area contributed by atoms with E-state index >= 15 is 0 Å². The van der Waals surface area contributed by atoms with Crippen molar-refractivity contribution in [2.24, 2.45) is 5.92 Å². The fourth-order valence-corrected chi connectivity index (χ4v) is 2.45. The van der Waals surface area contributed by atoms with E-state index in [1.165, 1.54) is 6.42 Å². The number of amides is 2. The molecule has 0 aromatic carbocycles. The topological polar surface area (TPSA) is 78.4 Å². The van der Waals surface area contributed by atoms with Gasteiger partial charge in [0.25, 0.3) is 0 Å². The zero-order valence-corrected chi connectivity index (χ0v) is 11.2. The van der Waals surface area contributed by atoms with E-state index < -0.39 is 12.0 Å². The van der Waals surface area contributed by atoms with Gasteiger partial charge in [-0.05, 0) is 25.2 Å². The first-order valence-electron chi connectivity index (χ1n) is 6.84. The molecule has 0 saturated heterocycles. The molecule has 0 spiro atoms. The molecule has 1 saturated carbocycles. The van der Waals surface area contributed by atoms with E-state index in [-0.39, 0.29) is 12.1 Å². The third kappa shape index (κ3) is 4.55. The fourth-order valence-electron chi connectivity index (χ4n) is 2.45. The molecule has 1 aliphatic carbocycles. The van der Waals surface area contributed by atoms with Gasteiger partial charge in [-0.15, -0.1) is 0 Å². The third-order valence-electron chi connectivity index (χ3n) is 3.61. The van der Waals surface area contributed by atoms with Crippen LogP contribution in [-0.4, -0.2) is 29.2 Å². The first-order valence-corrected chi connectivity index (χ1v) is 6.84. The Labute approximate surface area is 108 Å². The molecule has 1 rings (SSSR count). The zero-order chi connectivity index (χ0) is 13.5. The van der Waals surface area contributed by atoms with Gasteiger partial charge in [-0.25, -0.2) is 9.59 Å². The fraction of sp³-hybridized carbons (Fsp3) is 0.846. The second-order valence-electron chi connectivity index (χ2n) is 5.17. The number of urea groups is 1. The van der Waals surface area contributed by atoms with Crippen molar-refractivity contribution in [3.8, 4) is 0 Å². The van der Waals surface area contributed by atoms with Gasteiger partial charge in [0.2, 0.25) is 0 Å². The maximum atomic E-state index is 11.8. The Morgan fingerprint density at radius 2 is 2.00 bits per heavy atom. The summed E-state index contributed by atoms with van der Waals surface area (Å²) in [7, 11) is 0. The summed E-state index contributed by atoms with van der Waals surface area (Å²) in [4.78, 5) is 22.7. The van der Waals surface area contributed by atoms with Crippen molar-refractivity contribution in [2.45, 2.75) is 64.5 Å². The molecule has 5 nitrogen and oxygen atoms in total. The lowest BCUT2D eigenvalue weighted by Gasteiger charge is -2.30. The second-order valence-corrected chi connectivity index (χ2v) is 5.17. The van der Waals surface area contributed by atoms with Crippen LogP contribution in [0.5, 0.6) is 0 Å². The van der Waals surface area contributed by atoms with E-state index in [2.05, 4.69) is 17.6 Å². The van der Waals surface area contributed by atoms with Crippen LogP contribution in [0.3, 0.4) is 0 Å². The van der Waals surface area contributed by atoms with Crippen LogP contribution in [0.15, 0.2) is 0 Å². The smallest absolute Gasteiger partial charge is 0.326 e. The summed E-state index contributed by atoms with van der Waals surface area (Å²) in [5.41, 5.74) is 0. The SMILES string of the molecule is CCC[C@H](NC(=O)NC1CCCCC1C)C(=O)O. The number of hydrogen-bond acceptors (Lipinski definition) is 2. The molecule has 2 unspecified atom stereocenters. The van der Waals surface area contributed by atoms with Crippen LogP contribution >= 0.6 is 0 Å². The van der Waals surface area contributed by atoms with E-state index in [0.717, 1.165) is 25.7 Å². The summed E-state index contributed by atoms with van der Waals surface area (Å²) in [6.07, 6.45) is 5.66. The highest BCUT2D eigenvalue weighted by atomic mass is 16.4. The van der Waals surface area contributed by atoms with Crippen molar-refractivity contribution < 1.29 is 14.7 Å². The number of rotatable bonds is 5. The van der Waals surface area contributed by atoms with Crippen molar-refractivity contribution in [1.29, 1.82) is 0 Å². The largest absolute Gasteiger partial charge is 0.480 e. The van der Waals surface area contributed by atoms with Gasteiger partial charge >= 0.3 is 12.0 Å². The minimum atomic E-state index is -0.969. The van der Waals surface area contributed by atoms with Crippen LogP contribution in [0.2, 0.25) is 0 Å². The summed E-state index contributed by atoms with van der Waals surface area (Å²) in [5, 5.41) is 14.4. The highest BCUT2D eigenvalue weighted by Gasteiger charge is 2.25. The van der Waals surface area contributed by atoms with Crippen LogP contribution in [0.4, 0.5) is 4.79 Å². The Bertz CT molecular complexity index is 294. The van der Waals surface area contributed by atoms with Crippen molar-refractivity contribution in [1.82, 2.24) is 10.6 Å². The van der Waals surface area contributed by atoms with Crippen molar-refractivity contribution in [2.75, 3.05) is 0 Å². The summed E-state index contributed by atoms with van der Waals surface area (Å²) < 4.78 is 0. The van der Waals surface area contributed by atoms with E-state index in [0.29, 0.717) is 12.3 Å². The summed E-state index contributed by atoms with van der Waals surface area (Å²) in [5.74, 6) is -0.498.